The number of hydrogen-bond acceptors (Lipinski definition) is 0. The van der Waals surface area contributed by atoms with Crippen LogP contribution in [0.1, 0.15) is 6.42 Å². The maximum absolute atomic E-state index is 3.94. The van der Waals surface area contributed by atoms with Gasteiger partial charge in [0.1, 0.15) is 0 Å². The van der Waals surface area contributed by atoms with E-state index in [1.54, 1.807) is 0 Å². The van der Waals surface area contributed by atoms with Gasteiger partial charge in [-0.25, -0.2) is 0 Å². The van der Waals surface area contributed by atoms with Gasteiger partial charge in [0, 0.05) is 30.6 Å². The summed E-state index contributed by atoms with van der Waals surface area (Å²) in [5.74, 6) is 0. The highest BCUT2D eigenvalue weighted by molar-refractivity contribution is 5.57. The van der Waals surface area contributed by atoms with E-state index in [9.17, 15) is 0 Å². The minimum atomic E-state index is 0.967. The molecule has 0 N–H and O–H groups in total. The fourth-order valence-corrected chi connectivity index (χ4v) is 1.49. The summed E-state index contributed by atoms with van der Waals surface area (Å²) in [6, 6.07) is 0. The fourth-order valence-electron chi connectivity index (χ4n) is 1.49. The Kier molecular flexibility index (Phi) is 1.54. The zero-order valence-corrected chi connectivity index (χ0v) is 7.01. The average molecular weight is 155 g/mol. The first-order valence-corrected chi connectivity index (χ1v) is 4.06. The van der Waals surface area contributed by atoms with Gasteiger partial charge in [0.2, 0.25) is 0 Å². The topological polar surface area (TPSA) is 0 Å². The second-order valence-electron chi connectivity index (χ2n) is 3.20. The van der Waals surface area contributed by atoms with E-state index in [0.717, 1.165) is 12.0 Å². The van der Waals surface area contributed by atoms with Crippen LogP contribution in [0.25, 0.3) is 0 Å². The molecule has 0 atom stereocenters. The molecule has 58 valence electrons. The van der Waals surface area contributed by atoms with Crippen molar-refractivity contribution in [3.05, 3.63) is 66.2 Å². The molecular formula is C12H11+. The molecule has 0 aromatic carbocycles. The fraction of sp³-hybridized carbons (Fsp3) is 0.0833. The van der Waals surface area contributed by atoms with Crippen molar-refractivity contribution in [2.75, 3.05) is 0 Å². The van der Waals surface area contributed by atoms with E-state index in [4.69, 9.17) is 0 Å². The Balaban J connectivity index is 2.41. The first kappa shape index (κ1) is 7.23. The molecule has 0 saturated carbocycles. The van der Waals surface area contributed by atoms with Gasteiger partial charge >= 0.3 is 0 Å². The van der Waals surface area contributed by atoms with Gasteiger partial charge in [-0.15, -0.1) is 0 Å². The summed E-state index contributed by atoms with van der Waals surface area (Å²) in [6.45, 7) is 7.84. The Morgan fingerprint density at radius 2 is 2.08 bits per heavy atom. The van der Waals surface area contributed by atoms with Crippen LogP contribution in [0, 0.1) is 6.42 Å². The molecule has 2 rings (SSSR count). The second-order valence-corrected chi connectivity index (χ2v) is 3.20. The molecule has 2 aliphatic rings. The molecule has 0 heteroatoms. The molecule has 0 unspecified atom stereocenters. The van der Waals surface area contributed by atoms with Crippen molar-refractivity contribution in [1.82, 2.24) is 0 Å². The van der Waals surface area contributed by atoms with Crippen LogP contribution in [0.3, 0.4) is 0 Å². The number of rotatable bonds is 0. The maximum Gasteiger partial charge on any atom is 0.0891 e. The molecule has 0 nitrogen and oxygen atoms in total. The molecule has 0 saturated heterocycles. The monoisotopic (exact) mass is 155 g/mol. The molecular weight excluding hydrogens is 144 g/mol. The number of hydrogen-bond donors (Lipinski definition) is 0. The predicted octanol–water partition coefficient (Wildman–Crippen LogP) is 3.13. The van der Waals surface area contributed by atoms with Crippen LogP contribution >= 0.6 is 0 Å². The largest absolute Gasteiger partial charge is 0.0954 e. The lowest BCUT2D eigenvalue weighted by molar-refractivity contribution is 1.13. The van der Waals surface area contributed by atoms with Gasteiger partial charge in [-0.05, 0) is 24.3 Å². The lowest BCUT2D eigenvalue weighted by Crippen LogP contribution is -2.00. The van der Waals surface area contributed by atoms with E-state index in [2.05, 4.69) is 37.5 Å². The van der Waals surface area contributed by atoms with Gasteiger partial charge in [0.15, 0.2) is 0 Å². The van der Waals surface area contributed by atoms with E-state index in [1.165, 1.54) is 16.7 Å². The smallest absolute Gasteiger partial charge is 0.0891 e. The second kappa shape index (κ2) is 2.56. The van der Waals surface area contributed by atoms with Crippen LogP contribution in [0.5, 0.6) is 0 Å². The Morgan fingerprint density at radius 3 is 2.92 bits per heavy atom. The van der Waals surface area contributed by atoms with Crippen molar-refractivity contribution >= 4 is 0 Å². The highest BCUT2D eigenvalue weighted by Gasteiger charge is 2.18. The number of allylic oxidation sites excluding steroid dienone is 8. The summed E-state index contributed by atoms with van der Waals surface area (Å²) in [4.78, 5) is 0. The maximum atomic E-state index is 3.94. The molecule has 0 aromatic rings. The van der Waals surface area contributed by atoms with Crippen molar-refractivity contribution in [3.8, 4) is 0 Å². The van der Waals surface area contributed by atoms with Gasteiger partial charge in [0.05, 0.1) is 11.1 Å². The highest BCUT2D eigenvalue weighted by atomic mass is 14.2. The third kappa shape index (κ3) is 1.16. The van der Waals surface area contributed by atoms with E-state index >= 15 is 0 Å². The van der Waals surface area contributed by atoms with E-state index in [1.807, 2.05) is 6.42 Å². The average Bonchev–Trinajstić information content (AvgIpc) is 2.03. The SMILES string of the molecule is C=C1C=C2CC(=C)C=CC2=C[CH+]1. The van der Waals surface area contributed by atoms with Gasteiger partial charge in [-0.3, -0.25) is 0 Å². The zero-order chi connectivity index (χ0) is 8.55. The highest BCUT2D eigenvalue weighted by Crippen LogP contribution is 2.30. The van der Waals surface area contributed by atoms with Gasteiger partial charge in [0.25, 0.3) is 0 Å². The van der Waals surface area contributed by atoms with E-state index in [0.29, 0.717) is 0 Å². The molecule has 0 bridgehead atoms. The van der Waals surface area contributed by atoms with Crippen LogP contribution in [-0.4, -0.2) is 0 Å². The van der Waals surface area contributed by atoms with Crippen LogP contribution in [0.2, 0.25) is 0 Å². The molecule has 0 aliphatic heterocycles. The number of fused-ring (bicyclic) bond motifs is 1. The van der Waals surface area contributed by atoms with Crippen molar-refractivity contribution in [2.45, 2.75) is 6.42 Å². The quantitative estimate of drug-likeness (QED) is 0.471. The van der Waals surface area contributed by atoms with Crippen molar-refractivity contribution in [2.24, 2.45) is 0 Å². The van der Waals surface area contributed by atoms with Crippen LogP contribution in [-0.2, 0) is 0 Å². The lowest BCUT2D eigenvalue weighted by Gasteiger charge is -2.12. The Labute approximate surface area is 73.3 Å². The summed E-state index contributed by atoms with van der Waals surface area (Å²) in [5.41, 5.74) is 4.90. The summed E-state index contributed by atoms with van der Waals surface area (Å²) in [6.07, 6.45) is 11.4. The zero-order valence-electron chi connectivity index (χ0n) is 7.01. The summed E-state index contributed by atoms with van der Waals surface area (Å²) < 4.78 is 0. The van der Waals surface area contributed by atoms with Crippen LogP contribution < -0.4 is 0 Å². The lowest BCUT2D eigenvalue weighted by atomic mass is 9.87. The van der Waals surface area contributed by atoms with Gasteiger partial charge in [-0.1, -0.05) is 6.58 Å². The van der Waals surface area contributed by atoms with E-state index in [-0.39, 0.29) is 0 Å². The minimum Gasteiger partial charge on any atom is -0.0954 e. The molecule has 0 fully saturated rings. The first-order chi connectivity index (χ1) is 5.75. The van der Waals surface area contributed by atoms with Gasteiger partial charge in [-0.2, -0.15) is 0 Å². The standard InChI is InChI=1S/C12H11/c1-9-3-5-11-6-4-10(2)8-12(11)7-9/h3-7H,1-2,8H2/q+1. The summed E-state index contributed by atoms with van der Waals surface area (Å²) >= 11 is 0. The normalized spacial score (nSPS) is 21.0. The van der Waals surface area contributed by atoms with Crippen LogP contribution in [0.4, 0.5) is 0 Å². The Bertz CT molecular complexity index is 335. The molecule has 0 spiro atoms. The Morgan fingerprint density at radius 1 is 1.25 bits per heavy atom. The van der Waals surface area contributed by atoms with E-state index < -0.39 is 0 Å². The van der Waals surface area contributed by atoms with Crippen molar-refractivity contribution in [3.63, 3.8) is 0 Å². The molecule has 12 heavy (non-hydrogen) atoms. The third-order valence-electron chi connectivity index (χ3n) is 2.12. The first-order valence-electron chi connectivity index (χ1n) is 4.06. The molecule has 0 heterocycles. The third-order valence-corrected chi connectivity index (χ3v) is 2.12. The molecule has 0 radical (unpaired) electrons. The molecule has 0 aromatic heterocycles. The summed E-state index contributed by atoms with van der Waals surface area (Å²) in [7, 11) is 0. The van der Waals surface area contributed by atoms with Crippen LogP contribution in [0.15, 0.2) is 59.8 Å². The predicted molar refractivity (Wildman–Crippen MR) is 52.5 cm³/mol. The Hall–Kier alpha value is -1.43. The molecule has 0 amide bonds. The van der Waals surface area contributed by atoms with Gasteiger partial charge < -0.3 is 0 Å². The minimum absolute atomic E-state index is 0.967. The van der Waals surface area contributed by atoms with Crippen molar-refractivity contribution < 1.29 is 0 Å². The molecule has 2 aliphatic carbocycles. The van der Waals surface area contributed by atoms with Crippen molar-refractivity contribution in [1.29, 1.82) is 0 Å². The summed E-state index contributed by atoms with van der Waals surface area (Å²) in [5, 5.41) is 0.